The van der Waals surface area contributed by atoms with Gasteiger partial charge in [-0.05, 0) is 38.7 Å². The van der Waals surface area contributed by atoms with Crippen LogP contribution in [-0.4, -0.2) is 42.3 Å². The minimum absolute atomic E-state index is 0.00787. The van der Waals surface area contributed by atoms with Crippen molar-refractivity contribution in [1.29, 1.82) is 0 Å². The molecule has 23 heavy (non-hydrogen) atoms. The normalized spacial score (nSPS) is 21.1. The molecular weight excluding hydrogens is 312 g/mol. The highest BCUT2D eigenvalue weighted by Crippen LogP contribution is 2.31. The molecule has 7 nitrogen and oxygen atoms in total. The van der Waals surface area contributed by atoms with Crippen LogP contribution >= 0.6 is 11.8 Å². The first kappa shape index (κ1) is 15.9. The summed E-state index contributed by atoms with van der Waals surface area (Å²) in [5, 5.41) is 11.2. The van der Waals surface area contributed by atoms with Gasteiger partial charge in [0.15, 0.2) is 11.0 Å². The number of aromatic amines is 1. The van der Waals surface area contributed by atoms with E-state index in [0.717, 1.165) is 36.7 Å². The number of rotatable bonds is 5. The third-order valence-electron chi connectivity index (χ3n) is 3.82. The number of nitrogens with one attached hydrogen (secondary N) is 2. The molecule has 0 spiro atoms. The fraction of sp³-hybridized carbons (Fsp3) is 0.533. The average molecular weight is 332 g/mol. The molecule has 122 valence electrons. The first-order valence-corrected chi connectivity index (χ1v) is 8.68. The van der Waals surface area contributed by atoms with Crippen LogP contribution in [0.5, 0.6) is 0 Å². The second kappa shape index (κ2) is 7.54. The maximum atomic E-state index is 12.0. The number of thioether (sulfide) groups is 1. The largest absolute Gasteiger partial charge is 0.353 e. The van der Waals surface area contributed by atoms with Crippen LogP contribution in [0.1, 0.15) is 37.3 Å². The number of nitrogens with zero attached hydrogens (tertiary/aromatic N) is 4. The summed E-state index contributed by atoms with van der Waals surface area (Å²) in [6.07, 6.45) is 7.88. The molecule has 2 aromatic heterocycles. The van der Waals surface area contributed by atoms with E-state index < -0.39 is 0 Å². The van der Waals surface area contributed by atoms with Gasteiger partial charge < -0.3 is 5.32 Å². The van der Waals surface area contributed by atoms with Gasteiger partial charge >= 0.3 is 0 Å². The highest BCUT2D eigenvalue weighted by molar-refractivity contribution is 7.99. The Bertz CT molecular complexity index is 638. The molecule has 0 radical (unpaired) electrons. The van der Waals surface area contributed by atoms with Gasteiger partial charge in [0.25, 0.3) is 0 Å². The smallest absolute Gasteiger partial charge is 0.227 e. The fourth-order valence-electron chi connectivity index (χ4n) is 2.71. The Morgan fingerprint density at radius 2 is 2.04 bits per heavy atom. The predicted molar refractivity (Wildman–Crippen MR) is 86.9 cm³/mol. The van der Waals surface area contributed by atoms with E-state index in [4.69, 9.17) is 0 Å². The van der Waals surface area contributed by atoms with Crippen LogP contribution in [0.2, 0.25) is 0 Å². The highest BCUT2D eigenvalue weighted by atomic mass is 32.2. The van der Waals surface area contributed by atoms with Crippen molar-refractivity contribution in [3.63, 3.8) is 0 Å². The molecule has 1 fully saturated rings. The van der Waals surface area contributed by atoms with Crippen molar-refractivity contribution in [3.05, 3.63) is 30.1 Å². The van der Waals surface area contributed by atoms with Gasteiger partial charge in [-0.15, -0.1) is 0 Å². The summed E-state index contributed by atoms with van der Waals surface area (Å²) < 4.78 is 0. The summed E-state index contributed by atoms with van der Waals surface area (Å²) in [6, 6.07) is 2.07. The molecule has 0 atom stereocenters. The molecule has 1 aliphatic rings. The number of amides is 1. The maximum absolute atomic E-state index is 12.0. The number of aryl methyl sites for hydroxylation is 1. The number of hydrogen-bond donors (Lipinski definition) is 2. The number of aromatic nitrogens is 5. The standard InChI is InChI=1S/C15H20N6OS/c1-10-18-13(21-20-10)9-14(22)19-11-3-5-12(6-4-11)23-15-16-7-2-8-17-15/h2,7-8,11-12H,3-6,9H2,1H3,(H,19,22)(H,18,20,21). The van der Waals surface area contributed by atoms with E-state index in [0.29, 0.717) is 11.1 Å². The second-order valence-corrected chi connectivity index (χ2v) is 6.97. The minimum Gasteiger partial charge on any atom is -0.353 e. The summed E-state index contributed by atoms with van der Waals surface area (Å²) in [4.78, 5) is 24.7. The van der Waals surface area contributed by atoms with Crippen molar-refractivity contribution in [1.82, 2.24) is 30.5 Å². The Hall–Kier alpha value is -1.96. The molecule has 3 rings (SSSR count). The lowest BCUT2D eigenvalue weighted by Crippen LogP contribution is -2.39. The van der Waals surface area contributed by atoms with Crippen molar-refractivity contribution in [2.24, 2.45) is 0 Å². The van der Waals surface area contributed by atoms with Crippen LogP contribution in [0.3, 0.4) is 0 Å². The van der Waals surface area contributed by atoms with E-state index in [-0.39, 0.29) is 18.4 Å². The van der Waals surface area contributed by atoms with Gasteiger partial charge in [0, 0.05) is 23.7 Å². The van der Waals surface area contributed by atoms with Crippen LogP contribution < -0.4 is 5.32 Å². The van der Waals surface area contributed by atoms with E-state index in [9.17, 15) is 4.79 Å². The molecule has 1 aliphatic carbocycles. The Kier molecular flexibility index (Phi) is 5.22. The van der Waals surface area contributed by atoms with Gasteiger partial charge in [-0.1, -0.05) is 11.8 Å². The quantitative estimate of drug-likeness (QED) is 0.809. The fourth-order valence-corrected chi connectivity index (χ4v) is 3.76. The van der Waals surface area contributed by atoms with Crippen molar-refractivity contribution in [2.75, 3.05) is 0 Å². The van der Waals surface area contributed by atoms with Crippen LogP contribution in [0.25, 0.3) is 0 Å². The van der Waals surface area contributed by atoms with Gasteiger partial charge in [0.1, 0.15) is 5.82 Å². The molecule has 1 saturated carbocycles. The minimum atomic E-state index is -0.00787. The molecule has 2 aromatic rings. The van der Waals surface area contributed by atoms with E-state index in [2.05, 4.69) is 30.5 Å². The SMILES string of the molecule is Cc1nc(CC(=O)NC2CCC(Sc3ncccn3)CC2)n[nH]1. The van der Waals surface area contributed by atoms with Gasteiger partial charge in [0.05, 0.1) is 6.42 Å². The Morgan fingerprint density at radius 1 is 1.30 bits per heavy atom. The zero-order valence-corrected chi connectivity index (χ0v) is 13.8. The average Bonchev–Trinajstić information content (AvgIpc) is 2.95. The zero-order valence-electron chi connectivity index (χ0n) is 13.0. The highest BCUT2D eigenvalue weighted by Gasteiger charge is 2.24. The molecule has 0 aromatic carbocycles. The van der Waals surface area contributed by atoms with Gasteiger partial charge in [-0.3, -0.25) is 9.89 Å². The number of hydrogen-bond acceptors (Lipinski definition) is 6. The lowest BCUT2D eigenvalue weighted by molar-refractivity contribution is -0.121. The molecule has 0 aliphatic heterocycles. The van der Waals surface area contributed by atoms with Gasteiger partial charge in [0.2, 0.25) is 5.91 Å². The van der Waals surface area contributed by atoms with Crippen LogP contribution in [0, 0.1) is 6.92 Å². The van der Waals surface area contributed by atoms with Gasteiger partial charge in [-0.2, -0.15) is 5.10 Å². The van der Waals surface area contributed by atoms with Crippen molar-refractivity contribution >= 4 is 17.7 Å². The molecule has 0 saturated heterocycles. The Labute approximate surface area is 139 Å². The van der Waals surface area contributed by atoms with E-state index in [1.54, 1.807) is 24.2 Å². The van der Waals surface area contributed by atoms with E-state index in [1.807, 2.05) is 13.0 Å². The molecule has 1 amide bonds. The molecule has 2 heterocycles. The lowest BCUT2D eigenvalue weighted by atomic mass is 9.95. The summed E-state index contributed by atoms with van der Waals surface area (Å²) in [5.41, 5.74) is 0. The molecular formula is C15H20N6OS. The molecule has 0 unspecified atom stereocenters. The first-order chi connectivity index (χ1) is 11.2. The number of carbonyl (C=O) groups is 1. The number of carbonyl (C=O) groups excluding carboxylic acids is 1. The third kappa shape index (κ3) is 4.75. The first-order valence-electron chi connectivity index (χ1n) is 7.80. The van der Waals surface area contributed by atoms with Crippen LogP contribution in [0.15, 0.2) is 23.6 Å². The van der Waals surface area contributed by atoms with Crippen LogP contribution in [-0.2, 0) is 11.2 Å². The van der Waals surface area contributed by atoms with Crippen molar-refractivity contribution in [2.45, 2.75) is 55.5 Å². The Balaban J connectivity index is 1.41. The van der Waals surface area contributed by atoms with Crippen molar-refractivity contribution < 1.29 is 4.79 Å². The predicted octanol–water partition coefficient (Wildman–Crippen LogP) is 1.67. The van der Waals surface area contributed by atoms with E-state index >= 15 is 0 Å². The Morgan fingerprint density at radius 3 is 2.70 bits per heavy atom. The number of H-pyrrole nitrogens is 1. The molecule has 8 heteroatoms. The maximum Gasteiger partial charge on any atom is 0.227 e. The van der Waals surface area contributed by atoms with Gasteiger partial charge in [-0.25, -0.2) is 15.0 Å². The summed E-state index contributed by atoms with van der Waals surface area (Å²) in [7, 11) is 0. The topological polar surface area (TPSA) is 96.5 Å². The van der Waals surface area contributed by atoms with Crippen molar-refractivity contribution in [3.8, 4) is 0 Å². The monoisotopic (exact) mass is 332 g/mol. The molecule has 2 N–H and O–H groups in total. The van der Waals surface area contributed by atoms with Crippen LogP contribution in [0.4, 0.5) is 0 Å². The summed E-state index contributed by atoms with van der Waals surface area (Å²) >= 11 is 1.73. The summed E-state index contributed by atoms with van der Waals surface area (Å²) in [6.45, 7) is 1.82. The third-order valence-corrected chi connectivity index (χ3v) is 5.04. The van der Waals surface area contributed by atoms with E-state index in [1.165, 1.54) is 0 Å². The zero-order chi connectivity index (χ0) is 16.1. The lowest BCUT2D eigenvalue weighted by Gasteiger charge is -2.28. The molecule has 0 bridgehead atoms. The second-order valence-electron chi connectivity index (χ2n) is 5.70. The summed E-state index contributed by atoms with van der Waals surface area (Å²) in [5.74, 6) is 1.27.